The van der Waals surface area contributed by atoms with Gasteiger partial charge < -0.3 is 19.4 Å². The fourth-order valence-electron chi connectivity index (χ4n) is 4.89. The van der Waals surface area contributed by atoms with Crippen LogP contribution in [0.1, 0.15) is 55.6 Å². The lowest BCUT2D eigenvalue weighted by atomic mass is 9.80. The van der Waals surface area contributed by atoms with E-state index in [0.717, 1.165) is 5.56 Å². The third-order valence-electron chi connectivity index (χ3n) is 6.66. The largest absolute Gasteiger partial charge is 0.444 e. The summed E-state index contributed by atoms with van der Waals surface area (Å²) in [5, 5.41) is 8.35. The van der Waals surface area contributed by atoms with Crippen molar-refractivity contribution >= 4 is 58.4 Å². The van der Waals surface area contributed by atoms with Crippen LogP contribution in [0.5, 0.6) is 0 Å². The molecule has 1 unspecified atom stereocenters. The van der Waals surface area contributed by atoms with Gasteiger partial charge in [-0.25, -0.2) is 4.79 Å². The molecule has 0 aliphatic carbocycles. The van der Waals surface area contributed by atoms with E-state index in [1.807, 2.05) is 26.8 Å². The second-order valence-corrected chi connectivity index (χ2v) is 12.2. The Morgan fingerprint density at radius 1 is 1.18 bits per heavy atom. The molecule has 40 heavy (non-hydrogen) atoms. The number of furan rings is 1. The summed E-state index contributed by atoms with van der Waals surface area (Å²) in [5.74, 6) is -0.728. The van der Waals surface area contributed by atoms with E-state index in [2.05, 4.69) is 17.0 Å². The molecule has 1 saturated heterocycles. The minimum Gasteiger partial charge on any atom is -0.444 e. The Bertz CT molecular complexity index is 1410. The van der Waals surface area contributed by atoms with Gasteiger partial charge in [0.15, 0.2) is 5.76 Å². The summed E-state index contributed by atoms with van der Waals surface area (Å²) in [4.78, 5) is 28.4. The number of benzene rings is 1. The molecule has 0 bridgehead atoms. The van der Waals surface area contributed by atoms with E-state index in [0.29, 0.717) is 39.2 Å². The maximum absolute atomic E-state index is 13.5. The first-order chi connectivity index (χ1) is 18.8. The van der Waals surface area contributed by atoms with Crippen LogP contribution < -0.4 is 5.32 Å². The van der Waals surface area contributed by atoms with Crippen LogP contribution >= 0.6 is 46.4 Å². The minimum absolute atomic E-state index is 0.00163. The fraction of sp³-hybridized carbons (Fsp3) is 0.393. The number of carbonyl (C=O) groups is 2. The predicted molar refractivity (Wildman–Crippen MR) is 158 cm³/mol. The van der Waals surface area contributed by atoms with Crippen LogP contribution in [0.3, 0.4) is 0 Å². The summed E-state index contributed by atoms with van der Waals surface area (Å²) < 4.78 is 12.9. The molecule has 3 heterocycles. The molecule has 2 amide bonds. The molecule has 1 aliphatic heterocycles. The quantitative estimate of drug-likeness (QED) is 0.282. The van der Waals surface area contributed by atoms with Gasteiger partial charge in [0.05, 0.1) is 38.6 Å². The molecule has 8 nitrogen and oxygen atoms in total. The van der Waals surface area contributed by atoms with Crippen molar-refractivity contribution in [3.63, 3.8) is 0 Å². The molecule has 1 fully saturated rings. The molecule has 3 atom stereocenters. The zero-order chi connectivity index (χ0) is 29.4. The lowest BCUT2D eigenvalue weighted by molar-refractivity contribution is 0.00364. The first-order valence-electron chi connectivity index (χ1n) is 12.6. The van der Waals surface area contributed by atoms with Gasteiger partial charge in [-0.2, -0.15) is 5.10 Å². The van der Waals surface area contributed by atoms with E-state index in [1.165, 1.54) is 12.3 Å². The highest BCUT2D eigenvalue weighted by Crippen LogP contribution is 2.38. The van der Waals surface area contributed by atoms with Crippen molar-refractivity contribution in [2.45, 2.75) is 57.2 Å². The number of halogens is 4. The van der Waals surface area contributed by atoms with Gasteiger partial charge in [-0.1, -0.05) is 46.9 Å². The molecule has 1 N–H and O–H groups in total. The summed E-state index contributed by atoms with van der Waals surface area (Å²) in [5.41, 5.74) is 1.13. The monoisotopic (exact) mass is 626 g/mol. The first kappa shape index (κ1) is 30.3. The van der Waals surface area contributed by atoms with Crippen LogP contribution in [0.25, 0.3) is 11.3 Å². The van der Waals surface area contributed by atoms with Crippen molar-refractivity contribution in [2.24, 2.45) is 7.05 Å². The Morgan fingerprint density at radius 2 is 1.90 bits per heavy atom. The molecule has 3 aromatic rings. The molecule has 0 saturated carbocycles. The molecule has 12 heteroatoms. The third kappa shape index (κ3) is 6.62. The highest BCUT2D eigenvalue weighted by Gasteiger charge is 2.41. The van der Waals surface area contributed by atoms with Crippen molar-refractivity contribution in [3.05, 3.63) is 74.7 Å². The molecule has 0 radical (unpaired) electrons. The van der Waals surface area contributed by atoms with Gasteiger partial charge in [-0.05, 0) is 62.9 Å². The van der Waals surface area contributed by atoms with E-state index in [4.69, 9.17) is 55.6 Å². The maximum atomic E-state index is 13.5. The van der Waals surface area contributed by atoms with E-state index < -0.39 is 23.6 Å². The zero-order valence-electron chi connectivity index (χ0n) is 22.5. The summed E-state index contributed by atoms with van der Waals surface area (Å²) in [6.07, 6.45) is 3.83. The fourth-order valence-corrected chi connectivity index (χ4v) is 5.69. The number of carbonyl (C=O) groups excluding carboxylic acids is 2. The lowest BCUT2D eigenvalue weighted by Gasteiger charge is -2.44. The first-order valence-corrected chi connectivity index (χ1v) is 14.1. The van der Waals surface area contributed by atoms with Crippen molar-refractivity contribution in [2.75, 3.05) is 6.54 Å². The van der Waals surface area contributed by atoms with Crippen LogP contribution in [0.4, 0.5) is 4.79 Å². The SMILES string of the molecule is C=CCC1C[C@@H](c2ccc(Cl)c(Cl)c2)[C@H](NC(=O)c2cc(-c3c(Cl)cnn3C)c(Cl)o2)CN1C(=O)OC(C)(C)C. The molecule has 214 valence electrons. The zero-order valence-corrected chi connectivity index (χ0v) is 25.5. The second kappa shape index (κ2) is 12.1. The number of nitrogens with one attached hydrogen (secondary N) is 1. The Hall–Kier alpha value is -2.65. The van der Waals surface area contributed by atoms with Crippen molar-refractivity contribution in [3.8, 4) is 11.3 Å². The number of hydrogen-bond donors (Lipinski definition) is 1. The maximum Gasteiger partial charge on any atom is 0.410 e. The molecule has 0 spiro atoms. The number of piperidine rings is 1. The molecular formula is C28H30Cl4N4O4. The van der Waals surface area contributed by atoms with Gasteiger partial charge in [0, 0.05) is 31.6 Å². The third-order valence-corrected chi connectivity index (χ3v) is 7.96. The van der Waals surface area contributed by atoms with Gasteiger partial charge in [-0.15, -0.1) is 6.58 Å². The summed E-state index contributed by atoms with van der Waals surface area (Å²) in [6.45, 7) is 9.47. The van der Waals surface area contributed by atoms with Crippen molar-refractivity contribution in [1.82, 2.24) is 20.0 Å². The minimum atomic E-state index is -0.691. The average molecular weight is 628 g/mol. The van der Waals surface area contributed by atoms with Crippen LogP contribution in [0, 0.1) is 0 Å². The number of rotatable bonds is 6. The normalized spacial score (nSPS) is 19.4. The summed E-state index contributed by atoms with van der Waals surface area (Å²) >= 11 is 25.2. The number of nitrogens with zero attached hydrogens (tertiary/aromatic N) is 3. The number of aromatic nitrogens is 2. The Balaban J connectivity index is 1.68. The molecule has 1 aliphatic rings. The van der Waals surface area contributed by atoms with Crippen molar-refractivity contribution < 1.29 is 18.7 Å². The number of aryl methyl sites for hydroxylation is 1. The summed E-state index contributed by atoms with van der Waals surface area (Å²) in [7, 11) is 1.71. The van der Waals surface area contributed by atoms with E-state index in [9.17, 15) is 9.59 Å². The Kier molecular flexibility index (Phi) is 9.15. The van der Waals surface area contributed by atoms with Gasteiger partial charge in [0.1, 0.15) is 5.60 Å². The molecule has 4 rings (SSSR count). The second-order valence-electron chi connectivity index (χ2n) is 10.7. The van der Waals surface area contributed by atoms with Crippen LogP contribution in [0.2, 0.25) is 20.3 Å². The smallest absolute Gasteiger partial charge is 0.410 e. The number of ether oxygens (including phenoxy) is 1. The van der Waals surface area contributed by atoms with Crippen LogP contribution in [-0.4, -0.2) is 50.9 Å². The number of likely N-dealkylation sites (tertiary alicyclic amines) is 1. The highest BCUT2D eigenvalue weighted by atomic mass is 35.5. The lowest BCUT2D eigenvalue weighted by Crippen LogP contribution is -2.57. The van der Waals surface area contributed by atoms with Gasteiger partial charge in [-0.3, -0.25) is 9.48 Å². The Morgan fingerprint density at radius 3 is 2.50 bits per heavy atom. The predicted octanol–water partition coefficient (Wildman–Crippen LogP) is 7.76. The van der Waals surface area contributed by atoms with E-state index in [1.54, 1.807) is 34.8 Å². The number of amides is 2. The Labute approximate surface area is 253 Å². The molecular weight excluding hydrogens is 598 g/mol. The van der Waals surface area contributed by atoms with Gasteiger partial charge >= 0.3 is 6.09 Å². The van der Waals surface area contributed by atoms with E-state index in [-0.39, 0.29) is 29.5 Å². The standard InChI is InChI=1S/C28H30Cl4N4O4/c1-6-7-16-11-17(15-8-9-19(29)20(30)10-15)22(14-36(16)27(38)40-28(2,3)4)34-26(37)23-12-18(25(32)39-23)24-21(31)13-33-35(24)5/h6,8-10,12-13,16-17,22H,1,7,11,14H2,2-5H3,(H,34,37)/t16?,17-,22+/m0/s1. The van der Waals surface area contributed by atoms with Gasteiger partial charge in [0.25, 0.3) is 5.91 Å². The topological polar surface area (TPSA) is 89.6 Å². The van der Waals surface area contributed by atoms with Crippen LogP contribution in [-0.2, 0) is 11.8 Å². The van der Waals surface area contributed by atoms with E-state index >= 15 is 0 Å². The van der Waals surface area contributed by atoms with Gasteiger partial charge in [0.2, 0.25) is 5.22 Å². The molecule has 2 aromatic heterocycles. The summed E-state index contributed by atoms with van der Waals surface area (Å²) in [6, 6.07) is 6.16. The van der Waals surface area contributed by atoms with Crippen LogP contribution in [0.15, 0.2) is 47.5 Å². The van der Waals surface area contributed by atoms with Crippen molar-refractivity contribution in [1.29, 1.82) is 0 Å². The number of hydrogen-bond acceptors (Lipinski definition) is 5. The highest BCUT2D eigenvalue weighted by molar-refractivity contribution is 6.42. The molecule has 1 aromatic carbocycles. The average Bonchev–Trinajstić information content (AvgIpc) is 3.41.